The number of amides is 1. The lowest BCUT2D eigenvalue weighted by Gasteiger charge is -2.34. The molecule has 5 heteroatoms. The maximum Gasteiger partial charge on any atom is 0.232 e. The number of hydrogen-bond acceptors (Lipinski definition) is 3. The predicted molar refractivity (Wildman–Crippen MR) is 76.4 cm³/mol. The van der Waals surface area contributed by atoms with Crippen LogP contribution in [0.15, 0.2) is 18.2 Å². The topological polar surface area (TPSA) is 64.4 Å². The van der Waals surface area contributed by atoms with Crippen LogP contribution in [0.3, 0.4) is 0 Å². The monoisotopic (exact) mass is 282 g/mol. The lowest BCUT2D eigenvalue weighted by molar-refractivity contribution is -0.130. The van der Waals surface area contributed by atoms with Gasteiger partial charge >= 0.3 is 0 Å². The standard InChI is InChI=1S/C14H19ClN2O2/c1-10-2-3-12(11(15)8-10)17-13(18)14(9-16)4-6-19-7-5-14/h2-3,8H,4-7,9,16H2,1H3,(H,17,18). The number of carbonyl (C=O) groups excluding carboxylic acids is 1. The highest BCUT2D eigenvalue weighted by atomic mass is 35.5. The van der Waals surface area contributed by atoms with Gasteiger partial charge in [-0.05, 0) is 37.5 Å². The molecule has 1 saturated heterocycles. The highest BCUT2D eigenvalue weighted by molar-refractivity contribution is 6.33. The average Bonchev–Trinajstić information content (AvgIpc) is 2.42. The first-order valence-corrected chi connectivity index (χ1v) is 6.81. The lowest BCUT2D eigenvalue weighted by atomic mass is 9.79. The second-order valence-corrected chi connectivity index (χ2v) is 5.44. The van der Waals surface area contributed by atoms with Crippen molar-refractivity contribution in [2.45, 2.75) is 19.8 Å². The lowest BCUT2D eigenvalue weighted by Crippen LogP contribution is -2.46. The Hall–Kier alpha value is -1.10. The minimum atomic E-state index is -0.535. The number of nitrogens with one attached hydrogen (secondary N) is 1. The first-order valence-electron chi connectivity index (χ1n) is 6.43. The number of nitrogens with two attached hydrogens (primary N) is 1. The summed E-state index contributed by atoms with van der Waals surface area (Å²) in [6.07, 6.45) is 1.30. The minimum absolute atomic E-state index is 0.0657. The molecule has 1 fully saturated rings. The van der Waals surface area contributed by atoms with Gasteiger partial charge in [0, 0.05) is 19.8 Å². The predicted octanol–water partition coefficient (Wildman–Crippen LogP) is 2.34. The Morgan fingerprint density at radius 2 is 2.16 bits per heavy atom. The molecule has 0 radical (unpaired) electrons. The minimum Gasteiger partial charge on any atom is -0.381 e. The number of ether oxygens (including phenoxy) is 1. The zero-order valence-corrected chi connectivity index (χ0v) is 11.8. The van der Waals surface area contributed by atoms with Crippen molar-refractivity contribution in [3.8, 4) is 0 Å². The van der Waals surface area contributed by atoms with Gasteiger partial charge in [-0.1, -0.05) is 17.7 Å². The highest BCUT2D eigenvalue weighted by Crippen LogP contribution is 2.32. The summed E-state index contributed by atoms with van der Waals surface area (Å²) in [7, 11) is 0. The molecule has 0 aromatic heterocycles. The number of aryl methyl sites for hydroxylation is 1. The van der Waals surface area contributed by atoms with Crippen LogP contribution in [0.2, 0.25) is 5.02 Å². The van der Waals surface area contributed by atoms with E-state index in [2.05, 4.69) is 5.32 Å². The summed E-state index contributed by atoms with van der Waals surface area (Å²) in [5.74, 6) is -0.0657. The molecule has 1 aliphatic heterocycles. The first kappa shape index (κ1) is 14.3. The Morgan fingerprint density at radius 3 is 2.74 bits per heavy atom. The molecular weight excluding hydrogens is 264 g/mol. The molecule has 0 bridgehead atoms. The van der Waals surface area contributed by atoms with E-state index in [4.69, 9.17) is 22.1 Å². The van der Waals surface area contributed by atoms with Crippen LogP contribution in [0, 0.1) is 12.3 Å². The Morgan fingerprint density at radius 1 is 1.47 bits per heavy atom. The second-order valence-electron chi connectivity index (χ2n) is 5.03. The van der Waals surface area contributed by atoms with Gasteiger partial charge in [-0.2, -0.15) is 0 Å². The molecule has 4 nitrogen and oxygen atoms in total. The molecule has 1 heterocycles. The Bertz CT molecular complexity index is 471. The van der Waals surface area contributed by atoms with E-state index in [-0.39, 0.29) is 5.91 Å². The number of hydrogen-bond donors (Lipinski definition) is 2. The molecular formula is C14H19ClN2O2. The van der Waals surface area contributed by atoms with Crippen LogP contribution in [0.25, 0.3) is 0 Å². The molecule has 104 valence electrons. The van der Waals surface area contributed by atoms with Gasteiger partial charge in [0.05, 0.1) is 16.1 Å². The molecule has 0 aliphatic carbocycles. The smallest absolute Gasteiger partial charge is 0.232 e. The zero-order chi connectivity index (χ0) is 13.9. The van der Waals surface area contributed by atoms with E-state index in [9.17, 15) is 4.79 Å². The van der Waals surface area contributed by atoms with E-state index in [1.807, 2.05) is 25.1 Å². The number of benzene rings is 1. The summed E-state index contributed by atoms with van der Waals surface area (Å²) >= 11 is 6.13. The van der Waals surface area contributed by atoms with Gasteiger partial charge in [0.2, 0.25) is 5.91 Å². The van der Waals surface area contributed by atoms with Crippen LogP contribution in [-0.4, -0.2) is 25.7 Å². The van der Waals surface area contributed by atoms with Crippen molar-refractivity contribution in [3.05, 3.63) is 28.8 Å². The number of halogens is 1. The van der Waals surface area contributed by atoms with Crippen LogP contribution in [0.5, 0.6) is 0 Å². The van der Waals surface area contributed by atoms with Gasteiger partial charge in [-0.15, -0.1) is 0 Å². The average molecular weight is 283 g/mol. The van der Waals surface area contributed by atoms with Crippen molar-refractivity contribution < 1.29 is 9.53 Å². The summed E-state index contributed by atoms with van der Waals surface area (Å²) in [4.78, 5) is 12.5. The largest absolute Gasteiger partial charge is 0.381 e. The van der Waals surface area contributed by atoms with E-state index in [0.29, 0.717) is 43.3 Å². The normalized spacial score (nSPS) is 18.1. The molecule has 1 aromatic carbocycles. The van der Waals surface area contributed by atoms with E-state index in [0.717, 1.165) is 5.56 Å². The van der Waals surface area contributed by atoms with Gasteiger partial charge in [0.25, 0.3) is 0 Å². The van der Waals surface area contributed by atoms with Crippen molar-refractivity contribution in [3.63, 3.8) is 0 Å². The fourth-order valence-electron chi connectivity index (χ4n) is 2.26. The Balaban J connectivity index is 2.15. The van der Waals surface area contributed by atoms with Crippen molar-refractivity contribution in [2.24, 2.45) is 11.1 Å². The van der Waals surface area contributed by atoms with Crippen LogP contribution in [-0.2, 0) is 9.53 Å². The van der Waals surface area contributed by atoms with Crippen molar-refractivity contribution >= 4 is 23.2 Å². The number of rotatable bonds is 3. The van der Waals surface area contributed by atoms with Crippen LogP contribution in [0.4, 0.5) is 5.69 Å². The van der Waals surface area contributed by atoms with Crippen LogP contribution in [0.1, 0.15) is 18.4 Å². The molecule has 0 unspecified atom stereocenters. The third kappa shape index (κ3) is 3.08. The molecule has 1 aromatic rings. The van der Waals surface area contributed by atoms with Gasteiger partial charge < -0.3 is 15.8 Å². The van der Waals surface area contributed by atoms with Gasteiger partial charge in [0.15, 0.2) is 0 Å². The maximum atomic E-state index is 12.5. The second kappa shape index (κ2) is 5.90. The SMILES string of the molecule is Cc1ccc(NC(=O)C2(CN)CCOCC2)c(Cl)c1. The summed E-state index contributed by atoms with van der Waals surface area (Å²) in [5.41, 5.74) is 6.96. The van der Waals surface area contributed by atoms with Crippen LogP contribution < -0.4 is 11.1 Å². The summed E-state index contributed by atoms with van der Waals surface area (Å²) in [6.45, 7) is 3.43. The Labute approximate surface area is 118 Å². The quantitative estimate of drug-likeness (QED) is 0.894. The van der Waals surface area contributed by atoms with Gasteiger partial charge in [-0.3, -0.25) is 4.79 Å². The molecule has 0 spiro atoms. The molecule has 19 heavy (non-hydrogen) atoms. The van der Waals surface area contributed by atoms with Crippen molar-refractivity contribution in [1.82, 2.24) is 0 Å². The number of carbonyl (C=O) groups is 1. The zero-order valence-electron chi connectivity index (χ0n) is 11.0. The first-order chi connectivity index (χ1) is 9.07. The third-order valence-corrected chi connectivity index (χ3v) is 4.01. The molecule has 0 atom stereocenters. The summed E-state index contributed by atoms with van der Waals surface area (Å²) < 4.78 is 5.30. The molecule has 1 amide bonds. The van der Waals surface area contributed by atoms with Crippen LogP contribution >= 0.6 is 11.6 Å². The van der Waals surface area contributed by atoms with Gasteiger partial charge in [-0.25, -0.2) is 0 Å². The van der Waals surface area contributed by atoms with E-state index >= 15 is 0 Å². The Kier molecular flexibility index (Phi) is 4.45. The van der Waals surface area contributed by atoms with Gasteiger partial charge in [0.1, 0.15) is 0 Å². The van der Waals surface area contributed by atoms with E-state index < -0.39 is 5.41 Å². The number of anilines is 1. The highest BCUT2D eigenvalue weighted by Gasteiger charge is 2.38. The fraction of sp³-hybridized carbons (Fsp3) is 0.500. The molecule has 3 N–H and O–H groups in total. The molecule has 1 aliphatic rings. The molecule has 2 rings (SSSR count). The van der Waals surface area contributed by atoms with Crippen molar-refractivity contribution in [2.75, 3.05) is 25.1 Å². The maximum absolute atomic E-state index is 12.5. The molecule has 0 saturated carbocycles. The summed E-state index contributed by atoms with van der Waals surface area (Å²) in [6, 6.07) is 5.57. The van der Waals surface area contributed by atoms with Crippen molar-refractivity contribution in [1.29, 1.82) is 0 Å². The van der Waals surface area contributed by atoms with E-state index in [1.54, 1.807) is 0 Å². The summed E-state index contributed by atoms with van der Waals surface area (Å²) in [5, 5.41) is 3.44. The third-order valence-electron chi connectivity index (χ3n) is 3.70. The van der Waals surface area contributed by atoms with E-state index in [1.165, 1.54) is 0 Å². The fourth-order valence-corrected chi connectivity index (χ4v) is 2.54.